The lowest BCUT2D eigenvalue weighted by Gasteiger charge is -2.16. The van der Waals surface area contributed by atoms with Crippen LogP contribution in [0.15, 0.2) is 24.3 Å². The Balaban J connectivity index is 2.78. The number of ether oxygens (including phenoxy) is 1. The van der Waals surface area contributed by atoms with Crippen molar-refractivity contribution in [3.05, 3.63) is 35.6 Å². The Bertz CT molecular complexity index is 319. The maximum Gasteiger partial charge on any atom is 0.303 e. The average Bonchev–Trinajstić information content (AvgIpc) is 2.17. The number of hydrogen-bond donors (Lipinski definition) is 0. The van der Waals surface area contributed by atoms with Crippen LogP contribution in [0.25, 0.3) is 0 Å². The van der Waals surface area contributed by atoms with E-state index in [1.54, 1.807) is 12.1 Å². The van der Waals surface area contributed by atoms with Gasteiger partial charge in [0.25, 0.3) is 0 Å². The summed E-state index contributed by atoms with van der Waals surface area (Å²) in [6.45, 7) is 3.40. The molecule has 0 N–H and O–H groups in total. The van der Waals surface area contributed by atoms with E-state index in [0.29, 0.717) is 0 Å². The number of hydrogen-bond acceptors (Lipinski definition) is 2. The van der Waals surface area contributed by atoms with Crippen molar-refractivity contribution in [2.24, 2.45) is 0 Å². The smallest absolute Gasteiger partial charge is 0.303 e. The van der Waals surface area contributed by atoms with E-state index < -0.39 is 0 Å². The van der Waals surface area contributed by atoms with Gasteiger partial charge in [-0.05, 0) is 24.1 Å². The molecule has 0 aliphatic carbocycles. The average molecular weight is 210 g/mol. The van der Waals surface area contributed by atoms with Gasteiger partial charge in [0, 0.05) is 6.92 Å². The Kier molecular flexibility index (Phi) is 4.28. The number of benzene rings is 1. The first-order valence-electron chi connectivity index (χ1n) is 5.06. The van der Waals surface area contributed by atoms with Gasteiger partial charge in [0.1, 0.15) is 11.9 Å². The Morgan fingerprint density at radius 3 is 2.47 bits per heavy atom. The molecule has 1 aromatic rings. The molecule has 1 atom stereocenters. The standard InChI is InChI=1S/C12H15FO2/c1-3-4-12(15-9(2)14)10-5-7-11(13)8-6-10/h5-8,12H,3-4H2,1-2H3. The van der Waals surface area contributed by atoms with Gasteiger partial charge in [-0.3, -0.25) is 4.79 Å². The number of carbonyl (C=O) groups is 1. The van der Waals surface area contributed by atoms with Crippen molar-refractivity contribution in [2.75, 3.05) is 0 Å². The quantitative estimate of drug-likeness (QED) is 0.713. The van der Waals surface area contributed by atoms with Crippen LogP contribution in [0.1, 0.15) is 38.4 Å². The summed E-state index contributed by atoms with van der Waals surface area (Å²) in [5, 5.41) is 0. The first-order valence-corrected chi connectivity index (χ1v) is 5.06. The van der Waals surface area contributed by atoms with Crippen molar-refractivity contribution in [1.82, 2.24) is 0 Å². The van der Waals surface area contributed by atoms with Crippen molar-refractivity contribution in [1.29, 1.82) is 0 Å². The van der Waals surface area contributed by atoms with Gasteiger partial charge >= 0.3 is 5.97 Å². The summed E-state index contributed by atoms with van der Waals surface area (Å²) >= 11 is 0. The zero-order chi connectivity index (χ0) is 11.3. The third-order valence-electron chi connectivity index (χ3n) is 2.10. The summed E-state index contributed by atoms with van der Waals surface area (Å²) in [7, 11) is 0. The molecule has 0 bridgehead atoms. The van der Waals surface area contributed by atoms with Gasteiger partial charge in [-0.1, -0.05) is 25.5 Å². The summed E-state index contributed by atoms with van der Waals surface area (Å²) in [5.41, 5.74) is 0.841. The predicted octanol–water partition coefficient (Wildman–Crippen LogP) is 3.23. The predicted molar refractivity (Wildman–Crippen MR) is 55.8 cm³/mol. The molecule has 2 nitrogen and oxygen atoms in total. The van der Waals surface area contributed by atoms with Crippen molar-refractivity contribution in [2.45, 2.75) is 32.8 Å². The van der Waals surface area contributed by atoms with Gasteiger partial charge in [0.2, 0.25) is 0 Å². The Morgan fingerprint density at radius 2 is 2.00 bits per heavy atom. The highest BCUT2D eigenvalue weighted by Crippen LogP contribution is 2.22. The molecule has 0 fully saturated rings. The summed E-state index contributed by atoms with van der Waals surface area (Å²) in [5.74, 6) is -0.588. The number of rotatable bonds is 4. The molecule has 0 spiro atoms. The molecule has 3 heteroatoms. The van der Waals surface area contributed by atoms with Crippen LogP contribution in [-0.4, -0.2) is 5.97 Å². The minimum absolute atomic E-state index is 0.256. The van der Waals surface area contributed by atoms with E-state index in [9.17, 15) is 9.18 Å². The lowest BCUT2D eigenvalue weighted by molar-refractivity contribution is -0.147. The van der Waals surface area contributed by atoms with Crippen LogP contribution < -0.4 is 0 Å². The molecule has 0 amide bonds. The SMILES string of the molecule is CCCC(OC(C)=O)c1ccc(F)cc1. The molecule has 1 unspecified atom stereocenters. The Labute approximate surface area is 89.1 Å². The molecule has 1 aromatic carbocycles. The third-order valence-corrected chi connectivity index (χ3v) is 2.10. The topological polar surface area (TPSA) is 26.3 Å². The van der Waals surface area contributed by atoms with Crippen LogP contribution in [-0.2, 0) is 9.53 Å². The summed E-state index contributed by atoms with van der Waals surface area (Å²) in [6.07, 6.45) is 1.41. The zero-order valence-corrected chi connectivity index (χ0v) is 9.00. The maximum absolute atomic E-state index is 12.7. The van der Waals surface area contributed by atoms with Gasteiger partial charge in [-0.15, -0.1) is 0 Å². The summed E-state index contributed by atoms with van der Waals surface area (Å²) in [6, 6.07) is 6.06. The van der Waals surface area contributed by atoms with E-state index in [-0.39, 0.29) is 17.9 Å². The van der Waals surface area contributed by atoms with E-state index in [4.69, 9.17) is 4.74 Å². The van der Waals surface area contributed by atoms with Crippen molar-refractivity contribution < 1.29 is 13.9 Å². The van der Waals surface area contributed by atoms with E-state index in [1.807, 2.05) is 6.92 Å². The molecule has 0 aromatic heterocycles. The highest BCUT2D eigenvalue weighted by atomic mass is 19.1. The van der Waals surface area contributed by atoms with Crippen molar-refractivity contribution >= 4 is 5.97 Å². The summed E-state index contributed by atoms with van der Waals surface area (Å²) in [4.78, 5) is 10.9. The molecule has 1 rings (SSSR count). The van der Waals surface area contributed by atoms with Crippen LogP contribution >= 0.6 is 0 Å². The Morgan fingerprint density at radius 1 is 1.40 bits per heavy atom. The maximum atomic E-state index is 12.7. The van der Waals surface area contributed by atoms with E-state index in [2.05, 4.69) is 0 Å². The minimum Gasteiger partial charge on any atom is -0.458 e. The second kappa shape index (κ2) is 5.49. The second-order valence-corrected chi connectivity index (χ2v) is 3.44. The van der Waals surface area contributed by atoms with Gasteiger partial charge < -0.3 is 4.74 Å². The largest absolute Gasteiger partial charge is 0.458 e. The van der Waals surface area contributed by atoms with Gasteiger partial charge in [0.15, 0.2) is 0 Å². The molecule has 0 aliphatic rings. The molecule has 0 saturated heterocycles. The number of halogens is 1. The first kappa shape index (κ1) is 11.7. The third kappa shape index (κ3) is 3.70. The van der Waals surface area contributed by atoms with Crippen LogP contribution in [0.3, 0.4) is 0 Å². The highest BCUT2D eigenvalue weighted by Gasteiger charge is 2.13. The second-order valence-electron chi connectivity index (χ2n) is 3.44. The molecule has 15 heavy (non-hydrogen) atoms. The van der Waals surface area contributed by atoms with Crippen LogP contribution in [0.5, 0.6) is 0 Å². The molecular formula is C12H15FO2. The van der Waals surface area contributed by atoms with E-state index in [0.717, 1.165) is 18.4 Å². The van der Waals surface area contributed by atoms with Crippen molar-refractivity contribution in [3.63, 3.8) is 0 Å². The molecule has 82 valence electrons. The van der Waals surface area contributed by atoms with E-state index in [1.165, 1.54) is 19.1 Å². The monoisotopic (exact) mass is 210 g/mol. The van der Waals surface area contributed by atoms with Crippen LogP contribution in [0.4, 0.5) is 4.39 Å². The lowest BCUT2D eigenvalue weighted by atomic mass is 10.1. The van der Waals surface area contributed by atoms with Crippen molar-refractivity contribution in [3.8, 4) is 0 Å². The fourth-order valence-corrected chi connectivity index (χ4v) is 1.43. The van der Waals surface area contributed by atoms with Gasteiger partial charge in [0.05, 0.1) is 0 Å². The van der Waals surface area contributed by atoms with Crippen LogP contribution in [0, 0.1) is 5.82 Å². The lowest BCUT2D eigenvalue weighted by Crippen LogP contribution is -2.08. The first-order chi connectivity index (χ1) is 7.13. The number of esters is 1. The molecule has 0 radical (unpaired) electrons. The van der Waals surface area contributed by atoms with Gasteiger partial charge in [-0.2, -0.15) is 0 Å². The normalized spacial score (nSPS) is 12.2. The molecule has 0 saturated carbocycles. The minimum atomic E-state index is -0.308. The fourth-order valence-electron chi connectivity index (χ4n) is 1.43. The molecule has 0 aliphatic heterocycles. The van der Waals surface area contributed by atoms with E-state index >= 15 is 0 Å². The fraction of sp³-hybridized carbons (Fsp3) is 0.417. The van der Waals surface area contributed by atoms with Crippen LogP contribution in [0.2, 0.25) is 0 Å². The zero-order valence-electron chi connectivity index (χ0n) is 9.00. The molecular weight excluding hydrogens is 195 g/mol. The van der Waals surface area contributed by atoms with Gasteiger partial charge in [-0.25, -0.2) is 4.39 Å². The summed E-state index contributed by atoms with van der Waals surface area (Å²) < 4.78 is 17.8. The number of carbonyl (C=O) groups excluding carboxylic acids is 1. The Hall–Kier alpha value is -1.38. The molecule has 0 heterocycles. The highest BCUT2D eigenvalue weighted by molar-refractivity contribution is 5.66.